The van der Waals surface area contributed by atoms with Crippen LogP contribution in [0.2, 0.25) is 0 Å². The highest BCUT2D eigenvalue weighted by Gasteiger charge is 2.26. The van der Waals surface area contributed by atoms with Crippen LogP contribution in [0, 0.1) is 0 Å². The number of nitrogens with zero attached hydrogens (tertiary/aromatic N) is 2. The van der Waals surface area contributed by atoms with E-state index in [1.165, 1.54) is 18.2 Å². The van der Waals surface area contributed by atoms with E-state index >= 15 is 0 Å². The summed E-state index contributed by atoms with van der Waals surface area (Å²) in [5.41, 5.74) is 2.33. The molecule has 0 radical (unpaired) electrons. The van der Waals surface area contributed by atoms with E-state index in [0.717, 1.165) is 30.8 Å². The standard InChI is InChI=1S/C23H25N3O2S/c1-2-26-13-5-6-18(26)15-24-22(27)17-11-9-16(10-12-17)14-21-23(28)25-19-7-3-4-8-20(19)29-21/h3-4,7-12,14,18,20H,2,5-6,13,15H2,1H3,(H,24,27)/b21-14+. The second-order valence-corrected chi connectivity index (χ2v) is 8.57. The number of aliphatic imine (C=N–C) groups is 1. The van der Waals surface area contributed by atoms with Crippen LogP contribution in [0.4, 0.5) is 0 Å². The van der Waals surface area contributed by atoms with Crippen molar-refractivity contribution < 1.29 is 9.59 Å². The quantitative estimate of drug-likeness (QED) is 0.760. The molecule has 5 nitrogen and oxygen atoms in total. The van der Waals surface area contributed by atoms with Crippen molar-refractivity contribution in [2.75, 3.05) is 19.6 Å². The van der Waals surface area contributed by atoms with E-state index in [1.54, 1.807) is 0 Å². The van der Waals surface area contributed by atoms with E-state index in [0.29, 0.717) is 23.1 Å². The van der Waals surface area contributed by atoms with Crippen LogP contribution in [-0.2, 0) is 4.79 Å². The normalized spacial score (nSPS) is 25.2. The SMILES string of the molecule is CCN1CCCC1CNC(=O)c1ccc(/C=C2/SC3C=CC=CC3=NC2=O)cc1. The first-order valence-corrected chi connectivity index (χ1v) is 11.0. The van der Waals surface area contributed by atoms with Gasteiger partial charge in [0.05, 0.1) is 15.9 Å². The number of hydrogen-bond acceptors (Lipinski definition) is 4. The minimum atomic E-state index is -0.208. The van der Waals surface area contributed by atoms with Gasteiger partial charge in [-0.3, -0.25) is 14.5 Å². The molecule has 2 atom stereocenters. The number of carbonyl (C=O) groups excluding carboxylic acids is 2. The Balaban J connectivity index is 1.39. The number of likely N-dealkylation sites (N-methyl/N-ethyl adjacent to an activating group) is 1. The second-order valence-electron chi connectivity index (χ2n) is 7.39. The lowest BCUT2D eigenvalue weighted by Gasteiger charge is -2.22. The van der Waals surface area contributed by atoms with Gasteiger partial charge in [-0.15, -0.1) is 11.8 Å². The molecule has 1 saturated heterocycles. The molecule has 1 aromatic carbocycles. The average molecular weight is 408 g/mol. The number of carbonyl (C=O) groups is 2. The maximum atomic E-state index is 12.5. The summed E-state index contributed by atoms with van der Waals surface area (Å²) in [4.78, 5) is 32.0. The number of allylic oxidation sites excluding steroid dienone is 3. The van der Waals surface area contributed by atoms with E-state index in [1.807, 2.05) is 54.6 Å². The summed E-state index contributed by atoms with van der Waals surface area (Å²) < 4.78 is 0. The summed E-state index contributed by atoms with van der Waals surface area (Å²) in [6.07, 6.45) is 12.0. The Morgan fingerprint density at radius 1 is 1.31 bits per heavy atom. The average Bonchev–Trinajstić information content (AvgIpc) is 3.20. The van der Waals surface area contributed by atoms with Gasteiger partial charge in [-0.25, -0.2) is 4.99 Å². The highest BCUT2D eigenvalue weighted by molar-refractivity contribution is 8.05. The molecule has 4 rings (SSSR count). The smallest absolute Gasteiger partial charge is 0.283 e. The van der Waals surface area contributed by atoms with Gasteiger partial charge in [0.25, 0.3) is 11.8 Å². The van der Waals surface area contributed by atoms with Gasteiger partial charge in [0.1, 0.15) is 0 Å². The Morgan fingerprint density at radius 3 is 2.93 bits per heavy atom. The molecule has 0 aromatic heterocycles. The number of thioether (sulfide) groups is 1. The van der Waals surface area contributed by atoms with Gasteiger partial charge in [0.2, 0.25) is 0 Å². The van der Waals surface area contributed by atoms with Crippen molar-refractivity contribution >= 4 is 35.4 Å². The monoisotopic (exact) mass is 407 g/mol. The summed E-state index contributed by atoms with van der Waals surface area (Å²) in [6.45, 7) is 5.00. The van der Waals surface area contributed by atoms with Crippen LogP contribution in [-0.4, -0.2) is 53.4 Å². The van der Waals surface area contributed by atoms with Gasteiger partial charge in [-0.05, 0) is 55.8 Å². The molecular formula is C23H25N3O2S. The largest absolute Gasteiger partial charge is 0.350 e. The van der Waals surface area contributed by atoms with Crippen LogP contribution in [0.5, 0.6) is 0 Å². The van der Waals surface area contributed by atoms with Crippen molar-refractivity contribution in [3.63, 3.8) is 0 Å². The highest BCUT2D eigenvalue weighted by atomic mass is 32.2. The highest BCUT2D eigenvalue weighted by Crippen LogP contribution is 2.32. The fraction of sp³-hybridized carbons (Fsp3) is 0.348. The zero-order chi connectivity index (χ0) is 20.2. The van der Waals surface area contributed by atoms with Crippen molar-refractivity contribution in [1.82, 2.24) is 10.2 Å². The molecule has 150 valence electrons. The Bertz CT molecular complexity index is 915. The first-order valence-electron chi connectivity index (χ1n) is 10.1. The second kappa shape index (κ2) is 8.93. The van der Waals surface area contributed by atoms with Gasteiger partial charge in [-0.2, -0.15) is 0 Å². The van der Waals surface area contributed by atoms with Crippen LogP contribution >= 0.6 is 11.8 Å². The number of likely N-dealkylation sites (tertiary alicyclic amines) is 1. The molecule has 1 aliphatic carbocycles. The zero-order valence-electron chi connectivity index (χ0n) is 16.5. The van der Waals surface area contributed by atoms with Gasteiger partial charge < -0.3 is 5.32 Å². The molecule has 2 amide bonds. The molecule has 1 fully saturated rings. The predicted octanol–water partition coefficient (Wildman–Crippen LogP) is 3.45. The van der Waals surface area contributed by atoms with Crippen molar-refractivity contribution in [3.05, 3.63) is 64.6 Å². The number of nitrogens with one attached hydrogen (secondary N) is 1. The molecule has 29 heavy (non-hydrogen) atoms. The molecule has 2 unspecified atom stereocenters. The summed E-state index contributed by atoms with van der Waals surface area (Å²) in [6, 6.07) is 7.81. The summed E-state index contributed by atoms with van der Waals surface area (Å²) in [7, 11) is 0. The van der Waals surface area contributed by atoms with Gasteiger partial charge in [-0.1, -0.05) is 37.3 Å². The van der Waals surface area contributed by atoms with E-state index in [9.17, 15) is 9.59 Å². The Morgan fingerprint density at radius 2 is 2.14 bits per heavy atom. The number of amides is 2. The lowest BCUT2D eigenvalue weighted by molar-refractivity contribution is -0.113. The number of hydrogen-bond donors (Lipinski definition) is 1. The third kappa shape index (κ3) is 4.60. The van der Waals surface area contributed by atoms with E-state index in [-0.39, 0.29) is 17.1 Å². The fourth-order valence-corrected chi connectivity index (χ4v) is 4.95. The van der Waals surface area contributed by atoms with Gasteiger partial charge in [0, 0.05) is 18.2 Å². The topological polar surface area (TPSA) is 61.8 Å². The molecule has 0 spiro atoms. The van der Waals surface area contributed by atoms with Crippen LogP contribution in [0.3, 0.4) is 0 Å². The molecule has 2 aliphatic heterocycles. The predicted molar refractivity (Wildman–Crippen MR) is 119 cm³/mol. The first kappa shape index (κ1) is 19.9. The van der Waals surface area contributed by atoms with Crippen LogP contribution in [0.25, 0.3) is 6.08 Å². The molecular weight excluding hydrogens is 382 g/mol. The maximum Gasteiger partial charge on any atom is 0.283 e. The molecule has 0 bridgehead atoms. The van der Waals surface area contributed by atoms with Crippen LogP contribution < -0.4 is 5.32 Å². The third-order valence-corrected chi connectivity index (χ3v) is 6.72. The first-order chi connectivity index (χ1) is 14.1. The third-order valence-electron chi connectivity index (χ3n) is 5.53. The number of benzene rings is 1. The molecule has 2 heterocycles. The Labute approximate surface area is 175 Å². The lowest BCUT2D eigenvalue weighted by Crippen LogP contribution is -2.40. The zero-order valence-corrected chi connectivity index (χ0v) is 17.3. The molecule has 1 N–H and O–H groups in total. The lowest BCUT2D eigenvalue weighted by atomic mass is 10.1. The Kier molecular flexibility index (Phi) is 6.11. The molecule has 1 aromatic rings. The number of fused-ring (bicyclic) bond motifs is 1. The number of rotatable bonds is 5. The van der Waals surface area contributed by atoms with Gasteiger partial charge >= 0.3 is 0 Å². The van der Waals surface area contributed by atoms with Crippen LogP contribution in [0.15, 0.2) is 58.5 Å². The summed E-state index contributed by atoms with van der Waals surface area (Å²) in [5.74, 6) is -0.260. The van der Waals surface area contributed by atoms with E-state index in [4.69, 9.17) is 0 Å². The van der Waals surface area contributed by atoms with E-state index < -0.39 is 0 Å². The summed E-state index contributed by atoms with van der Waals surface area (Å²) >= 11 is 1.51. The minimum Gasteiger partial charge on any atom is -0.350 e. The van der Waals surface area contributed by atoms with Crippen molar-refractivity contribution in [2.24, 2.45) is 4.99 Å². The molecule has 0 saturated carbocycles. The molecule has 3 aliphatic rings. The minimum absolute atomic E-state index is 0.0522. The van der Waals surface area contributed by atoms with Crippen LogP contribution in [0.1, 0.15) is 35.7 Å². The molecule has 6 heteroatoms. The van der Waals surface area contributed by atoms with Gasteiger partial charge in [0.15, 0.2) is 0 Å². The van der Waals surface area contributed by atoms with Crippen molar-refractivity contribution in [3.8, 4) is 0 Å². The summed E-state index contributed by atoms with van der Waals surface area (Å²) in [5, 5.41) is 3.15. The van der Waals surface area contributed by atoms with Crippen molar-refractivity contribution in [1.29, 1.82) is 0 Å². The maximum absolute atomic E-state index is 12.5. The van der Waals surface area contributed by atoms with E-state index in [2.05, 4.69) is 22.1 Å². The Hall–Kier alpha value is -2.44. The fourth-order valence-electron chi connectivity index (χ4n) is 3.91. The van der Waals surface area contributed by atoms with Crippen molar-refractivity contribution in [2.45, 2.75) is 31.1 Å².